The lowest BCUT2D eigenvalue weighted by molar-refractivity contribution is -0.384. The van der Waals surface area contributed by atoms with Crippen molar-refractivity contribution in [3.8, 4) is 0 Å². The fourth-order valence-electron chi connectivity index (χ4n) is 4.73. The van der Waals surface area contributed by atoms with Crippen molar-refractivity contribution in [2.75, 3.05) is 5.32 Å². The van der Waals surface area contributed by atoms with Gasteiger partial charge >= 0.3 is 0 Å². The van der Waals surface area contributed by atoms with Crippen molar-refractivity contribution >= 4 is 40.5 Å². The Morgan fingerprint density at radius 2 is 1.08 bits per heavy atom. The SMILES string of the molecule is O=C(Nc1ccccc1C[P+](c1ccccc1)(c1ccccc1)c1ccccc1)c1ccc([N+](=O)[O-])cc1. The summed E-state index contributed by atoms with van der Waals surface area (Å²) in [5.41, 5.74) is 2.06. The van der Waals surface area contributed by atoms with Crippen LogP contribution in [0.2, 0.25) is 0 Å². The maximum Gasteiger partial charge on any atom is 0.269 e. The Morgan fingerprint density at radius 3 is 1.55 bits per heavy atom. The van der Waals surface area contributed by atoms with Crippen molar-refractivity contribution in [3.05, 3.63) is 161 Å². The molecule has 6 heteroatoms. The molecule has 0 aliphatic carbocycles. The highest BCUT2D eigenvalue weighted by molar-refractivity contribution is 7.95. The van der Waals surface area contributed by atoms with E-state index in [1.165, 1.54) is 40.2 Å². The number of amides is 1. The van der Waals surface area contributed by atoms with E-state index in [0.717, 1.165) is 11.3 Å². The van der Waals surface area contributed by atoms with Gasteiger partial charge in [0.25, 0.3) is 11.6 Å². The molecule has 5 aromatic carbocycles. The lowest BCUT2D eigenvalue weighted by Gasteiger charge is -2.28. The summed E-state index contributed by atoms with van der Waals surface area (Å²) in [6.07, 6.45) is 0.710. The summed E-state index contributed by atoms with van der Waals surface area (Å²) in [7, 11) is -2.16. The van der Waals surface area contributed by atoms with Gasteiger partial charge in [-0.2, -0.15) is 0 Å². The van der Waals surface area contributed by atoms with Crippen LogP contribution in [0.25, 0.3) is 0 Å². The van der Waals surface area contributed by atoms with Gasteiger partial charge in [-0.3, -0.25) is 14.9 Å². The van der Waals surface area contributed by atoms with Gasteiger partial charge < -0.3 is 5.32 Å². The van der Waals surface area contributed by atoms with Gasteiger partial charge in [-0.15, -0.1) is 0 Å². The number of nitrogens with zero attached hydrogens (tertiary/aromatic N) is 1. The molecule has 0 bridgehead atoms. The molecule has 1 N–H and O–H groups in total. The molecule has 0 atom stereocenters. The average Bonchev–Trinajstić information content (AvgIpc) is 2.98. The Hall–Kier alpha value is -4.60. The standard InChI is InChI=1S/C32H25N2O3P/c35-32(25-20-22-27(23-21-25)34(36)37)33-31-19-11-10-12-26(31)24-38(28-13-4-1-5-14-28,29-15-6-2-7-16-29)30-17-8-3-9-18-30/h1-23H,24H2/p+1. The van der Waals surface area contributed by atoms with Crippen LogP contribution in [0, 0.1) is 10.1 Å². The van der Waals surface area contributed by atoms with Crippen LogP contribution in [0.1, 0.15) is 15.9 Å². The fourth-order valence-corrected chi connectivity index (χ4v) is 9.01. The van der Waals surface area contributed by atoms with Crippen LogP contribution in [0.3, 0.4) is 0 Å². The summed E-state index contributed by atoms with van der Waals surface area (Å²) in [6, 6.07) is 45.3. The predicted molar refractivity (Wildman–Crippen MR) is 156 cm³/mol. The normalized spacial score (nSPS) is 11.1. The van der Waals surface area contributed by atoms with Crippen LogP contribution in [0.15, 0.2) is 140 Å². The topological polar surface area (TPSA) is 72.2 Å². The molecule has 0 unspecified atom stereocenters. The van der Waals surface area contributed by atoms with E-state index >= 15 is 0 Å². The predicted octanol–water partition coefficient (Wildman–Crippen LogP) is 6.34. The zero-order chi connectivity index (χ0) is 26.4. The first-order chi connectivity index (χ1) is 18.6. The number of para-hydroxylation sites is 1. The lowest BCUT2D eigenvalue weighted by Crippen LogP contribution is -2.32. The summed E-state index contributed by atoms with van der Waals surface area (Å²) in [5, 5.41) is 17.8. The van der Waals surface area contributed by atoms with Crippen LogP contribution in [0.4, 0.5) is 11.4 Å². The molecule has 0 aliphatic rings. The number of nitro benzene ring substituents is 1. The molecule has 0 fully saturated rings. The van der Waals surface area contributed by atoms with E-state index in [-0.39, 0.29) is 11.6 Å². The Balaban J connectivity index is 1.60. The van der Waals surface area contributed by atoms with E-state index in [2.05, 4.69) is 84.2 Å². The summed E-state index contributed by atoms with van der Waals surface area (Å²) < 4.78 is 0. The van der Waals surface area contributed by atoms with Gasteiger partial charge in [0.05, 0.1) is 4.92 Å². The van der Waals surface area contributed by atoms with E-state index in [1.54, 1.807) is 0 Å². The van der Waals surface area contributed by atoms with E-state index in [0.29, 0.717) is 11.7 Å². The van der Waals surface area contributed by atoms with Gasteiger partial charge in [0.2, 0.25) is 0 Å². The number of nitrogens with one attached hydrogen (secondary N) is 1. The first-order valence-electron chi connectivity index (χ1n) is 12.3. The minimum atomic E-state index is -2.16. The van der Waals surface area contributed by atoms with Crippen LogP contribution >= 0.6 is 7.26 Å². The Bertz CT molecular complexity index is 1440. The number of carbonyl (C=O) groups excluding carboxylic acids is 1. The third-order valence-electron chi connectivity index (χ3n) is 6.60. The molecule has 0 spiro atoms. The lowest BCUT2D eigenvalue weighted by atomic mass is 10.1. The molecule has 1 amide bonds. The quantitative estimate of drug-likeness (QED) is 0.148. The zero-order valence-electron chi connectivity index (χ0n) is 20.6. The smallest absolute Gasteiger partial charge is 0.269 e. The van der Waals surface area contributed by atoms with Crippen LogP contribution in [-0.2, 0) is 6.16 Å². The molecule has 0 aliphatic heterocycles. The minimum Gasteiger partial charge on any atom is -0.322 e. The highest BCUT2D eigenvalue weighted by atomic mass is 31.2. The fraction of sp³-hybridized carbons (Fsp3) is 0.0312. The highest BCUT2D eigenvalue weighted by Gasteiger charge is 2.45. The largest absolute Gasteiger partial charge is 0.322 e. The monoisotopic (exact) mass is 517 g/mol. The molecule has 38 heavy (non-hydrogen) atoms. The second kappa shape index (κ2) is 11.2. The third kappa shape index (κ3) is 5.10. The molecule has 0 saturated heterocycles. The highest BCUT2D eigenvalue weighted by Crippen LogP contribution is 2.58. The van der Waals surface area contributed by atoms with Gasteiger partial charge in [-0.1, -0.05) is 72.8 Å². The van der Waals surface area contributed by atoms with Crippen LogP contribution in [0.5, 0.6) is 0 Å². The molecule has 0 radical (unpaired) electrons. The van der Waals surface area contributed by atoms with Crippen LogP contribution < -0.4 is 21.2 Å². The number of non-ortho nitro benzene ring substituents is 1. The van der Waals surface area contributed by atoms with Gasteiger partial charge in [0, 0.05) is 28.9 Å². The molecule has 5 aromatic rings. The first-order valence-corrected chi connectivity index (χ1v) is 14.2. The molecular weight excluding hydrogens is 491 g/mol. The van der Waals surface area contributed by atoms with Crippen molar-refractivity contribution < 1.29 is 9.72 Å². The molecular formula is C32H26N2O3P+. The van der Waals surface area contributed by atoms with Gasteiger partial charge in [0.15, 0.2) is 0 Å². The van der Waals surface area contributed by atoms with E-state index < -0.39 is 12.2 Å². The number of benzene rings is 5. The van der Waals surface area contributed by atoms with Gasteiger partial charge in [-0.05, 0) is 54.6 Å². The Morgan fingerprint density at radius 1 is 0.632 bits per heavy atom. The van der Waals surface area contributed by atoms with Crippen molar-refractivity contribution in [1.82, 2.24) is 0 Å². The number of carbonyl (C=O) groups is 1. The molecule has 186 valence electrons. The van der Waals surface area contributed by atoms with Crippen molar-refractivity contribution in [2.24, 2.45) is 0 Å². The number of rotatable bonds is 8. The zero-order valence-corrected chi connectivity index (χ0v) is 21.5. The second-order valence-corrected chi connectivity index (χ2v) is 12.4. The summed E-state index contributed by atoms with van der Waals surface area (Å²) in [5.74, 6) is -0.310. The number of nitro groups is 1. The van der Waals surface area contributed by atoms with Crippen molar-refractivity contribution in [1.29, 1.82) is 0 Å². The molecule has 5 rings (SSSR count). The number of hydrogen-bond donors (Lipinski definition) is 1. The molecule has 0 saturated carbocycles. The number of hydrogen-bond acceptors (Lipinski definition) is 3. The first kappa shape index (κ1) is 25.1. The number of anilines is 1. The molecule has 0 aromatic heterocycles. The Labute approximate surface area is 222 Å². The third-order valence-corrected chi connectivity index (χ3v) is 11.0. The second-order valence-electron chi connectivity index (χ2n) is 8.89. The van der Waals surface area contributed by atoms with E-state index in [1.807, 2.05) is 36.4 Å². The summed E-state index contributed by atoms with van der Waals surface area (Å²) >= 11 is 0. The molecule has 5 nitrogen and oxygen atoms in total. The van der Waals surface area contributed by atoms with E-state index in [9.17, 15) is 14.9 Å². The summed E-state index contributed by atoms with van der Waals surface area (Å²) in [6.45, 7) is 0. The van der Waals surface area contributed by atoms with Gasteiger partial charge in [-0.25, -0.2) is 0 Å². The Kier molecular flexibility index (Phi) is 7.39. The van der Waals surface area contributed by atoms with Crippen LogP contribution in [-0.4, -0.2) is 10.8 Å². The van der Waals surface area contributed by atoms with E-state index in [4.69, 9.17) is 0 Å². The molecule has 0 heterocycles. The average molecular weight is 518 g/mol. The minimum absolute atomic E-state index is 0.0508. The van der Waals surface area contributed by atoms with Crippen molar-refractivity contribution in [3.63, 3.8) is 0 Å². The summed E-state index contributed by atoms with van der Waals surface area (Å²) in [4.78, 5) is 23.7. The maximum absolute atomic E-state index is 13.2. The van der Waals surface area contributed by atoms with Gasteiger partial charge in [0.1, 0.15) is 29.3 Å². The maximum atomic E-state index is 13.2. The van der Waals surface area contributed by atoms with Crippen molar-refractivity contribution in [2.45, 2.75) is 6.16 Å².